The van der Waals surface area contributed by atoms with Gasteiger partial charge >= 0.3 is 0 Å². The zero-order chi connectivity index (χ0) is 12.1. The average molecular weight is 237 g/mol. The first kappa shape index (κ1) is 13.6. The number of nitrogens with two attached hydrogens (primary N) is 1. The molecule has 1 rings (SSSR count). The molecule has 0 saturated heterocycles. The van der Waals surface area contributed by atoms with E-state index in [1.54, 1.807) is 0 Å². The van der Waals surface area contributed by atoms with Gasteiger partial charge in [-0.2, -0.15) is 0 Å². The number of benzene rings is 1. The molecule has 2 atom stereocenters. The fraction of sp³-hybridized carbons (Fsp3) is 0.571. The molecular weight excluding hydrogens is 214 g/mol. The van der Waals surface area contributed by atoms with Gasteiger partial charge in [0.05, 0.1) is 0 Å². The summed E-state index contributed by atoms with van der Waals surface area (Å²) in [5, 5.41) is 0. The van der Waals surface area contributed by atoms with Crippen molar-refractivity contribution >= 4 is 11.8 Å². The highest BCUT2D eigenvalue weighted by molar-refractivity contribution is 7.99. The Labute approximate surface area is 104 Å². The van der Waals surface area contributed by atoms with Crippen molar-refractivity contribution in [3.8, 4) is 0 Å². The van der Waals surface area contributed by atoms with Crippen molar-refractivity contribution in [1.82, 2.24) is 0 Å². The molecule has 2 unspecified atom stereocenters. The van der Waals surface area contributed by atoms with Crippen LogP contribution in [0.4, 0.5) is 0 Å². The smallest absolute Gasteiger partial charge is 0.0159 e. The standard InChI is InChI=1S/C14H23NS/c1-5-11(3)13(15)9-16-14-7-6-10(2)8-12(14)4/h6-8,11,13H,5,9,15H2,1-4H3. The highest BCUT2D eigenvalue weighted by Crippen LogP contribution is 2.25. The molecule has 1 nitrogen and oxygen atoms in total. The highest BCUT2D eigenvalue weighted by atomic mass is 32.2. The summed E-state index contributed by atoms with van der Waals surface area (Å²) in [6.07, 6.45) is 1.16. The fourth-order valence-electron chi connectivity index (χ4n) is 1.61. The van der Waals surface area contributed by atoms with Crippen molar-refractivity contribution < 1.29 is 0 Å². The monoisotopic (exact) mass is 237 g/mol. The van der Waals surface area contributed by atoms with Crippen LogP contribution in [0.2, 0.25) is 0 Å². The fourth-order valence-corrected chi connectivity index (χ4v) is 2.77. The van der Waals surface area contributed by atoms with Crippen LogP contribution in [0.1, 0.15) is 31.4 Å². The Morgan fingerprint density at radius 2 is 2.00 bits per heavy atom. The largest absolute Gasteiger partial charge is 0.327 e. The van der Waals surface area contributed by atoms with E-state index in [-0.39, 0.29) is 0 Å². The first-order valence-corrected chi connectivity index (χ1v) is 6.98. The van der Waals surface area contributed by atoms with E-state index in [2.05, 4.69) is 45.9 Å². The molecule has 0 aliphatic rings. The van der Waals surface area contributed by atoms with Crippen molar-refractivity contribution in [3.05, 3.63) is 29.3 Å². The van der Waals surface area contributed by atoms with Gasteiger partial charge in [-0.05, 0) is 31.4 Å². The number of thioether (sulfide) groups is 1. The third-order valence-electron chi connectivity index (χ3n) is 3.14. The van der Waals surface area contributed by atoms with E-state index in [0.29, 0.717) is 12.0 Å². The molecule has 2 N–H and O–H groups in total. The van der Waals surface area contributed by atoms with Gasteiger partial charge in [0.25, 0.3) is 0 Å². The van der Waals surface area contributed by atoms with Gasteiger partial charge in [0.15, 0.2) is 0 Å². The van der Waals surface area contributed by atoms with Gasteiger partial charge in [-0.1, -0.05) is 38.0 Å². The van der Waals surface area contributed by atoms with Gasteiger partial charge in [-0.3, -0.25) is 0 Å². The molecule has 0 fully saturated rings. The Morgan fingerprint density at radius 1 is 1.31 bits per heavy atom. The molecule has 0 heterocycles. The van der Waals surface area contributed by atoms with Crippen LogP contribution in [-0.4, -0.2) is 11.8 Å². The molecule has 0 aliphatic heterocycles. The second-order valence-electron chi connectivity index (χ2n) is 4.63. The number of hydrogen-bond donors (Lipinski definition) is 1. The third kappa shape index (κ3) is 3.84. The minimum Gasteiger partial charge on any atom is -0.327 e. The van der Waals surface area contributed by atoms with Gasteiger partial charge in [0.2, 0.25) is 0 Å². The Bertz CT molecular complexity index is 336. The van der Waals surface area contributed by atoms with Crippen molar-refractivity contribution in [2.45, 2.75) is 45.1 Å². The summed E-state index contributed by atoms with van der Waals surface area (Å²) in [5.74, 6) is 1.62. The zero-order valence-electron chi connectivity index (χ0n) is 10.8. The lowest BCUT2D eigenvalue weighted by molar-refractivity contribution is 0.475. The van der Waals surface area contributed by atoms with Crippen LogP contribution in [0, 0.1) is 19.8 Å². The van der Waals surface area contributed by atoms with E-state index in [1.165, 1.54) is 16.0 Å². The second-order valence-corrected chi connectivity index (χ2v) is 5.69. The molecule has 0 aliphatic carbocycles. The van der Waals surface area contributed by atoms with Crippen LogP contribution >= 0.6 is 11.8 Å². The number of rotatable bonds is 5. The first-order chi connectivity index (χ1) is 7.54. The average Bonchev–Trinajstić information content (AvgIpc) is 2.26. The Hall–Kier alpha value is -0.470. The molecule has 90 valence electrons. The summed E-state index contributed by atoms with van der Waals surface area (Å²) in [5.41, 5.74) is 8.82. The number of aryl methyl sites for hydroxylation is 2. The molecule has 0 radical (unpaired) electrons. The Morgan fingerprint density at radius 3 is 2.56 bits per heavy atom. The maximum atomic E-state index is 6.13. The summed E-state index contributed by atoms with van der Waals surface area (Å²) in [7, 11) is 0. The van der Waals surface area contributed by atoms with Gasteiger partial charge < -0.3 is 5.73 Å². The van der Waals surface area contributed by atoms with Crippen LogP contribution in [-0.2, 0) is 0 Å². The van der Waals surface area contributed by atoms with Crippen LogP contribution in [0.25, 0.3) is 0 Å². The minimum absolute atomic E-state index is 0.302. The maximum Gasteiger partial charge on any atom is 0.0159 e. The minimum atomic E-state index is 0.302. The zero-order valence-corrected chi connectivity index (χ0v) is 11.6. The summed E-state index contributed by atoms with van der Waals surface area (Å²) in [4.78, 5) is 1.37. The van der Waals surface area contributed by atoms with Crippen molar-refractivity contribution in [2.75, 3.05) is 5.75 Å². The lowest BCUT2D eigenvalue weighted by Gasteiger charge is -2.18. The predicted octanol–water partition coefficient (Wildman–Crippen LogP) is 3.77. The molecule has 0 aromatic heterocycles. The molecule has 1 aromatic rings. The summed E-state index contributed by atoms with van der Waals surface area (Å²) in [6, 6.07) is 6.91. The van der Waals surface area contributed by atoms with E-state index in [0.717, 1.165) is 12.2 Å². The van der Waals surface area contributed by atoms with Gasteiger partial charge in [0, 0.05) is 16.7 Å². The van der Waals surface area contributed by atoms with Gasteiger partial charge in [-0.25, -0.2) is 0 Å². The molecule has 0 spiro atoms. The van der Waals surface area contributed by atoms with E-state index >= 15 is 0 Å². The van der Waals surface area contributed by atoms with Gasteiger partial charge in [0.1, 0.15) is 0 Å². The molecule has 16 heavy (non-hydrogen) atoms. The summed E-state index contributed by atoms with van der Waals surface area (Å²) in [6.45, 7) is 8.73. The molecular formula is C14H23NS. The topological polar surface area (TPSA) is 26.0 Å². The van der Waals surface area contributed by atoms with Crippen LogP contribution in [0.15, 0.2) is 23.1 Å². The first-order valence-electron chi connectivity index (χ1n) is 6.00. The Balaban J connectivity index is 2.54. The summed E-state index contributed by atoms with van der Waals surface area (Å²) < 4.78 is 0. The molecule has 0 saturated carbocycles. The summed E-state index contributed by atoms with van der Waals surface area (Å²) >= 11 is 1.88. The van der Waals surface area contributed by atoms with E-state index in [9.17, 15) is 0 Å². The van der Waals surface area contributed by atoms with Crippen LogP contribution < -0.4 is 5.73 Å². The molecule has 0 bridgehead atoms. The molecule has 1 aromatic carbocycles. The Kier molecular flexibility index (Phi) is 5.36. The quantitative estimate of drug-likeness (QED) is 0.789. The predicted molar refractivity (Wildman–Crippen MR) is 74.1 cm³/mol. The van der Waals surface area contributed by atoms with Crippen LogP contribution in [0.5, 0.6) is 0 Å². The van der Waals surface area contributed by atoms with Crippen molar-refractivity contribution in [2.24, 2.45) is 11.7 Å². The molecule has 2 heteroatoms. The SMILES string of the molecule is CCC(C)C(N)CSc1ccc(C)cc1C. The number of hydrogen-bond acceptors (Lipinski definition) is 2. The third-order valence-corrected chi connectivity index (χ3v) is 4.46. The van der Waals surface area contributed by atoms with E-state index < -0.39 is 0 Å². The highest BCUT2D eigenvalue weighted by Gasteiger charge is 2.11. The van der Waals surface area contributed by atoms with E-state index in [4.69, 9.17) is 5.73 Å². The van der Waals surface area contributed by atoms with Crippen LogP contribution in [0.3, 0.4) is 0 Å². The maximum absolute atomic E-state index is 6.13. The molecule has 0 amide bonds. The van der Waals surface area contributed by atoms with Crippen molar-refractivity contribution in [1.29, 1.82) is 0 Å². The lowest BCUT2D eigenvalue weighted by Crippen LogP contribution is -2.30. The lowest BCUT2D eigenvalue weighted by atomic mass is 10.0. The second kappa shape index (κ2) is 6.31. The van der Waals surface area contributed by atoms with E-state index in [1.807, 2.05) is 11.8 Å². The normalized spacial score (nSPS) is 14.8. The van der Waals surface area contributed by atoms with Gasteiger partial charge in [-0.15, -0.1) is 11.8 Å². The van der Waals surface area contributed by atoms with Crippen molar-refractivity contribution in [3.63, 3.8) is 0 Å².